The van der Waals surface area contributed by atoms with Crippen LogP contribution in [-0.4, -0.2) is 22.6 Å². The number of rotatable bonds is 7. The maximum atomic E-state index is 12.1. The van der Waals surface area contributed by atoms with Crippen molar-refractivity contribution in [3.05, 3.63) is 29.8 Å². The summed E-state index contributed by atoms with van der Waals surface area (Å²) in [6.45, 7) is 6.17. The molecular weight excluding hydrogens is 268 g/mol. The lowest BCUT2D eigenvalue weighted by Crippen LogP contribution is -2.48. The van der Waals surface area contributed by atoms with Gasteiger partial charge in [-0.05, 0) is 37.0 Å². The third-order valence-corrected chi connectivity index (χ3v) is 3.95. The molecule has 0 aromatic heterocycles. The zero-order chi connectivity index (χ0) is 15.9. The Balaban J connectivity index is 2.72. The molecule has 3 N–H and O–H groups in total. The molecule has 1 aromatic carbocycles. The summed E-state index contributed by atoms with van der Waals surface area (Å²) in [6, 6.07) is 6.63. The lowest BCUT2D eigenvalue weighted by atomic mass is 9.90. The first kappa shape index (κ1) is 17.0. The quantitative estimate of drug-likeness (QED) is 0.720. The van der Waals surface area contributed by atoms with E-state index in [9.17, 15) is 9.59 Å². The predicted molar refractivity (Wildman–Crippen MR) is 83.5 cm³/mol. The van der Waals surface area contributed by atoms with Crippen molar-refractivity contribution >= 4 is 17.7 Å². The molecule has 5 nitrogen and oxygen atoms in total. The number of carboxylic acids is 1. The summed E-state index contributed by atoms with van der Waals surface area (Å²) in [6.07, 6.45) is 2.55. The Bertz CT molecular complexity index is 488. The Kier molecular flexibility index (Phi) is 6.21. The van der Waals surface area contributed by atoms with E-state index in [2.05, 4.69) is 31.4 Å². The van der Waals surface area contributed by atoms with Crippen LogP contribution in [-0.2, 0) is 11.2 Å². The van der Waals surface area contributed by atoms with Gasteiger partial charge in [0.2, 0.25) is 0 Å². The van der Waals surface area contributed by atoms with Gasteiger partial charge in [-0.3, -0.25) is 4.79 Å². The molecule has 0 aliphatic heterocycles. The van der Waals surface area contributed by atoms with Gasteiger partial charge >= 0.3 is 12.0 Å². The topological polar surface area (TPSA) is 78.4 Å². The average Bonchev–Trinajstić information content (AvgIpc) is 2.44. The molecule has 0 atom stereocenters. The van der Waals surface area contributed by atoms with Gasteiger partial charge in [0.1, 0.15) is 0 Å². The van der Waals surface area contributed by atoms with Gasteiger partial charge in [-0.2, -0.15) is 0 Å². The zero-order valence-electron chi connectivity index (χ0n) is 12.9. The molecule has 0 aliphatic carbocycles. The summed E-state index contributed by atoms with van der Waals surface area (Å²) in [5.41, 5.74) is 1.07. The highest BCUT2D eigenvalue weighted by Gasteiger charge is 2.25. The van der Waals surface area contributed by atoms with E-state index in [0.717, 1.165) is 19.3 Å². The van der Waals surface area contributed by atoms with Crippen molar-refractivity contribution in [3.63, 3.8) is 0 Å². The van der Waals surface area contributed by atoms with Gasteiger partial charge in [0.25, 0.3) is 0 Å². The molecule has 0 aliphatic rings. The summed E-state index contributed by atoms with van der Waals surface area (Å²) >= 11 is 0. The molecule has 0 saturated heterocycles. The van der Waals surface area contributed by atoms with Crippen molar-refractivity contribution in [1.29, 1.82) is 0 Å². The van der Waals surface area contributed by atoms with E-state index in [1.54, 1.807) is 24.3 Å². The van der Waals surface area contributed by atoms with Crippen LogP contribution in [0.1, 0.15) is 45.6 Å². The number of anilines is 1. The van der Waals surface area contributed by atoms with E-state index < -0.39 is 5.97 Å². The fourth-order valence-corrected chi connectivity index (χ4v) is 2.35. The molecule has 1 rings (SSSR count). The Morgan fingerprint density at radius 2 is 1.76 bits per heavy atom. The number of carboxylic acid groups (broad SMARTS) is 1. The zero-order valence-corrected chi connectivity index (χ0v) is 12.9. The number of aliphatic carboxylic acids is 1. The van der Waals surface area contributed by atoms with Gasteiger partial charge < -0.3 is 15.7 Å². The largest absolute Gasteiger partial charge is 0.481 e. The van der Waals surface area contributed by atoms with Crippen molar-refractivity contribution in [3.8, 4) is 0 Å². The number of benzene rings is 1. The number of nitrogens with one attached hydrogen (secondary N) is 2. The van der Waals surface area contributed by atoms with Crippen molar-refractivity contribution in [1.82, 2.24) is 5.32 Å². The SMILES string of the molecule is CCC(CC)(CC)NC(=O)Nc1cccc(CC(=O)O)c1. The van der Waals surface area contributed by atoms with Crippen LogP contribution in [0, 0.1) is 0 Å². The Hall–Kier alpha value is -2.04. The Labute approximate surface area is 125 Å². The number of hydrogen-bond acceptors (Lipinski definition) is 2. The fourth-order valence-electron chi connectivity index (χ4n) is 2.35. The monoisotopic (exact) mass is 292 g/mol. The van der Waals surface area contributed by atoms with Gasteiger partial charge in [-0.15, -0.1) is 0 Å². The summed E-state index contributed by atoms with van der Waals surface area (Å²) in [5.74, 6) is -0.890. The normalized spacial score (nSPS) is 11.0. The second-order valence-electron chi connectivity index (χ2n) is 5.19. The number of carbonyl (C=O) groups is 2. The maximum Gasteiger partial charge on any atom is 0.319 e. The number of urea groups is 1. The number of carbonyl (C=O) groups excluding carboxylic acids is 1. The molecule has 2 amide bonds. The summed E-state index contributed by atoms with van der Waals surface area (Å²) in [4.78, 5) is 22.8. The minimum Gasteiger partial charge on any atom is -0.481 e. The van der Waals surface area contributed by atoms with E-state index in [4.69, 9.17) is 5.11 Å². The summed E-state index contributed by atoms with van der Waals surface area (Å²) < 4.78 is 0. The van der Waals surface area contributed by atoms with Crippen LogP contribution < -0.4 is 10.6 Å². The summed E-state index contributed by atoms with van der Waals surface area (Å²) in [5, 5.41) is 14.6. The summed E-state index contributed by atoms with van der Waals surface area (Å²) in [7, 11) is 0. The van der Waals surface area contributed by atoms with Crippen molar-refractivity contribution in [2.45, 2.75) is 52.0 Å². The molecule has 1 aromatic rings. The van der Waals surface area contributed by atoms with E-state index >= 15 is 0 Å². The number of amides is 2. The van der Waals surface area contributed by atoms with Gasteiger partial charge in [0, 0.05) is 11.2 Å². The lowest BCUT2D eigenvalue weighted by Gasteiger charge is -2.31. The van der Waals surface area contributed by atoms with Crippen molar-refractivity contribution in [2.75, 3.05) is 5.32 Å². The van der Waals surface area contributed by atoms with Gasteiger partial charge in [0.05, 0.1) is 6.42 Å². The van der Waals surface area contributed by atoms with Gasteiger partial charge in [0.15, 0.2) is 0 Å². The second kappa shape index (κ2) is 7.67. The molecule has 0 heterocycles. The highest BCUT2D eigenvalue weighted by molar-refractivity contribution is 5.90. The Morgan fingerprint density at radius 1 is 1.14 bits per heavy atom. The molecular formula is C16H24N2O3. The van der Waals surface area contributed by atoms with E-state index in [-0.39, 0.29) is 18.0 Å². The minimum atomic E-state index is -0.890. The van der Waals surface area contributed by atoms with Crippen LogP contribution in [0.25, 0.3) is 0 Å². The van der Waals surface area contributed by atoms with Crippen LogP contribution in [0.2, 0.25) is 0 Å². The third-order valence-electron chi connectivity index (χ3n) is 3.95. The van der Waals surface area contributed by atoms with Crippen LogP contribution >= 0.6 is 0 Å². The second-order valence-corrected chi connectivity index (χ2v) is 5.19. The van der Waals surface area contributed by atoms with Crippen LogP contribution in [0.15, 0.2) is 24.3 Å². The van der Waals surface area contributed by atoms with Crippen LogP contribution in [0.4, 0.5) is 10.5 Å². The van der Waals surface area contributed by atoms with E-state index in [1.807, 2.05) is 0 Å². The smallest absolute Gasteiger partial charge is 0.319 e. The lowest BCUT2D eigenvalue weighted by molar-refractivity contribution is -0.136. The molecule has 0 saturated carbocycles. The van der Waals surface area contributed by atoms with E-state index in [0.29, 0.717) is 11.3 Å². The molecule has 5 heteroatoms. The molecule has 0 bridgehead atoms. The molecule has 21 heavy (non-hydrogen) atoms. The fraction of sp³-hybridized carbons (Fsp3) is 0.500. The third kappa shape index (κ3) is 5.10. The molecule has 116 valence electrons. The Morgan fingerprint density at radius 3 is 2.29 bits per heavy atom. The number of hydrogen-bond donors (Lipinski definition) is 3. The first-order valence-corrected chi connectivity index (χ1v) is 7.34. The highest BCUT2D eigenvalue weighted by Crippen LogP contribution is 2.19. The van der Waals surface area contributed by atoms with Crippen molar-refractivity contribution in [2.24, 2.45) is 0 Å². The van der Waals surface area contributed by atoms with Gasteiger partial charge in [-0.25, -0.2) is 4.79 Å². The predicted octanol–water partition coefficient (Wildman–Crippen LogP) is 3.40. The molecule has 0 spiro atoms. The average molecular weight is 292 g/mol. The highest BCUT2D eigenvalue weighted by atomic mass is 16.4. The standard InChI is InChI=1S/C16H24N2O3/c1-4-16(5-2,6-3)18-15(21)17-13-9-7-8-12(10-13)11-14(19)20/h7-10H,4-6,11H2,1-3H3,(H,19,20)(H2,17,18,21). The first-order valence-electron chi connectivity index (χ1n) is 7.34. The van der Waals surface area contributed by atoms with E-state index in [1.165, 1.54) is 0 Å². The first-order chi connectivity index (χ1) is 9.94. The molecule has 0 fully saturated rings. The minimum absolute atomic E-state index is 0.0556. The van der Waals surface area contributed by atoms with Crippen LogP contribution in [0.5, 0.6) is 0 Å². The van der Waals surface area contributed by atoms with Crippen molar-refractivity contribution < 1.29 is 14.7 Å². The van der Waals surface area contributed by atoms with Gasteiger partial charge in [-0.1, -0.05) is 32.9 Å². The molecule has 0 unspecified atom stereocenters. The van der Waals surface area contributed by atoms with Crippen LogP contribution in [0.3, 0.4) is 0 Å². The molecule has 0 radical (unpaired) electrons. The maximum absolute atomic E-state index is 12.1.